The van der Waals surface area contributed by atoms with Crippen LogP contribution in [-0.2, 0) is 6.42 Å². The van der Waals surface area contributed by atoms with Crippen LogP contribution < -0.4 is 4.74 Å². The van der Waals surface area contributed by atoms with Crippen LogP contribution in [0.4, 0.5) is 4.39 Å². The first-order valence-electron chi connectivity index (χ1n) is 5.25. The molecule has 88 valence electrons. The Hall–Kier alpha value is -1.35. The summed E-state index contributed by atoms with van der Waals surface area (Å²) in [5, 5.41) is 0. The molecule has 0 spiro atoms. The SMILES string of the molecule is COc1ccc(Cc2cc(F)cc(Br)c2)cc1. The zero-order valence-electron chi connectivity index (χ0n) is 9.41. The Morgan fingerprint density at radius 2 is 1.76 bits per heavy atom. The lowest BCUT2D eigenvalue weighted by molar-refractivity contribution is 0.414. The molecule has 0 N–H and O–H groups in total. The molecule has 2 rings (SSSR count). The van der Waals surface area contributed by atoms with Gasteiger partial charge in [-0.15, -0.1) is 0 Å². The Labute approximate surface area is 108 Å². The van der Waals surface area contributed by atoms with Crippen molar-refractivity contribution < 1.29 is 9.13 Å². The van der Waals surface area contributed by atoms with Gasteiger partial charge >= 0.3 is 0 Å². The monoisotopic (exact) mass is 294 g/mol. The van der Waals surface area contributed by atoms with Gasteiger partial charge in [0.1, 0.15) is 11.6 Å². The summed E-state index contributed by atoms with van der Waals surface area (Å²) in [7, 11) is 1.64. The van der Waals surface area contributed by atoms with E-state index < -0.39 is 0 Å². The third-order valence-corrected chi connectivity index (χ3v) is 2.95. The number of ether oxygens (including phenoxy) is 1. The predicted molar refractivity (Wildman–Crippen MR) is 69.9 cm³/mol. The Morgan fingerprint density at radius 3 is 2.35 bits per heavy atom. The van der Waals surface area contributed by atoms with Crippen LogP contribution in [0.25, 0.3) is 0 Å². The first-order valence-corrected chi connectivity index (χ1v) is 6.04. The van der Waals surface area contributed by atoms with Crippen LogP contribution in [0.2, 0.25) is 0 Å². The van der Waals surface area contributed by atoms with Crippen LogP contribution in [0.5, 0.6) is 5.75 Å². The molecule has 0 saturated heterocycles. The summed E-state index contributed by atoms with van der Waals surface area (Å²) in [6, 6.07) is 12.7. The second-order valence-corrected chi connectivity index (χ2v) is 4.72. The molecule has 0 heterocycles. The van der Waals surface area contributed by atoms with Crippen molar-refractivity contribution in [2.75, 3.05) is 7.11 Å². The Bertz CT molecular complexity index is 488. The van der Waals surface area contributed by atoms with Crippen molar-refractivity contribution in [2.45, 2.75) is 6.42 Å². The van der Waals surface area contributed by atoms with Gasteiger partial charge in [0.15, 0.2) is 0 Å². The maximum absolute atomic E-state index is 13.2. The number of benzene rings is 2. The van der Waals surface area contributed by atoms with Crippen LogP contribution in [0.1, 0.15) is 11.1 Å². The van der Waals surface area contributed by atoms with E-state index in [-0.39, 0.29) is 5.82 Å². The van der Waals surface area contributed by atoms with Crippen molar-refractivity contribution >= 4 is 15.9 Å². The molecule has 2 aromatic carbocycles. The van der Waals surface area contributed by atoms with Crippen molar-refractivity contribution in [3.8, 4) is 5.75 Å². The van der Waals surface area contributed by atoms with Crippen molar-refractivity contribution in [1.82, 2.24) is 0 Å². The Kier molecular flexibility index (Phi) is 3.79. The molecular weight excluding hydrogens is 283 g/mol. The minimum Gasteiger partial charge on any atom is -0.497 e. The van der Waals surface area contributed by atoms with Crippen molar-refractivity contribution in [3.05, 3.63) is 63.9 Å². The summed E-state index contributed by atoms with van der Waals surface area (Å²) in [4.78, 5) is 0. The van der Waals surface area contributed by atoms with Gasteiger partial charge in [-0.1, -0.05) is 28.1 Å². The van der Waals surface area contributed by atoms with Crippen molar-refractivity contribution in [1.29, 1.82) is 0 Å². The first-order chi connectivity index (χ1) is 8.17. The highest BCUT2D eigenvalue weighted by molar-refractivity contribution is 9.10. The maximum Gasteiger partial charge on any atom is 0.124 e. The van der Waals surface area contributed by atoms with E-state index >= 15 is 0 Å². The predicted octanol–water partition coefficient (Wildman–Crippen LogP) is 4.19. The molecule has 0 aliphatic carbocycles. The fourth-order valence-corrected chi connectivity index (χ4v) is 2.20. The molecule has 0 aliphatic heterocycles. The number of hydrogen-bond donors (Lipinski definition) is 0. The summed E-state index contributed by atoms with van der Waals surface area (Å²) in [6.07, 6.45) is 0.709. The average molecular weight is 295 g/mol. The molecule has 0 fully saturated rings. The van der Waals surface area contributed by atoms with E-state index in [1.807, 2.05) is 30.3 Å². The largest absolute Gasteiger partial charge is 0.497 e. The Morgan fingerprint density at radius 1 is 1.06 bits per heavy atom. The van der Waals surface area contributed by atoms with Crippen molar-refractivity contribution in [2.24, 2.45) is 0 Å². The topological polar surface area (TPSA) is 9.23 Å². The summed E-state index contributed by atoms with van der Waals surface area (Å²) in [5.41, 5.74) is 2.07. The molecule has 0 unspecified atom stereocenters. The van der Waals surface area contributed by atoms with Gasteiger partial charge in [0.05, 0.1) is 7.11 Å². The molecule has 0 bridgehead atoms. The third kappa shape index (κ3) is 3.30. The van der Waals surface area contributed by atoms with E-state index in [1.165, 1.54) is 6.07 Å². The van der Waals surface area contributed by atoms with Gasteiger partial charge < -0.3 is 4.74 Å². The van der Waals surface area contributed by atoms with Gasteiger partial charge in [-0.3, -0.25) is 0 Å². The summed E-state index contributed by atoms with van der Waals surface area (Å²) >= 11 is 3.29. The zero-order chi connectivity index (χ0) is 12.3. The smallest absolute Gasteiger partial charge is 0.124 e. The Balaban J connectivity index is 2.19. The molecule has 0 atom stereocenters. The first kappa shape index (κ1) is 12.1. The number of methoxy groups -OCH3 is 1. The minimum atomic E-state index is -0.220. The number of rotatable bonds is 3. The highest BCUT2D eigenvalue weighted by Crippen LogP contribution is 2.19. The molecule has 0 radical (unpaired) electrons. The van der Waals surface area contributed by atoms with Crippen LogP contribution in [0, 0.1) is 5.82 Å². The molecule has 1 nitrogen and oxygen atoms in total. The summed E-state index contributed by atoms with van der Waals surface area (Å²) in [5.74, 6) is 0.608. The third-order valence-electron chi connectivity index (χ3n) is 2.49. The van der Waals surface area contributed by atoms with Gasteiger partial charge in [0.2, 0.25) is 0 Å². The molecule has 0 aliphatic rings. The van der Waals surface area contributed by atoms with Crippen molar-refractivity contribution in [3.63, 3.8) is 0 Å². The highest BCUT2D eigenvalue weighted by atomic mass is 79.9. The van der Waals surface area contributed by atoms with E-state index in [0.717, 1.165) is 21.3 Å². The minimum absolute atomic E-state index is 0.220. The van der Waals surface area contributed by atoms with Gasteiger partial charge in [-0.05, 0) is 47.9 Å². The molecule has 3 heteroatoms. The number of hydrogen-bond acceptors (Lipinski definition) is 1. The molecule has 0 amide bonds. The van der Waals surface area contributed by atoms with E-state index in [0.29, 0.717) is 6.42 Å². The van der Waals surface area contributed by atoms with Gasteiger partial charge in [0, 0.05) is 4.47 Å². The molecular formula is C14H12BrFO. The molecule has 0 saturated carbocycles. The van der Waals surface area contributed by atoms with Gasteiger partial charge in [-0.2, -0.15) is 0 Å². The number of halogens is 2. The lowest BCUT2D eigenvalue weighted by atomic mass is 10.0. The van der Waals surface area contributed by atoms with Gasteiger partial charge in [0.25, 0.3) is 0 Å². The zero-order valence-corrected chi connectivity index (χ0v) is 11.0. The molecule has 17 heavy (non-hydrogen) atoms. The highest BCUT2D eigenvalue weighted by Gasteiger charge is 2.01. The second kappa shape index (κ2) is 5.32. The van der Waals surface area contributed by atoms with Crippen LogP contribution in [-0.4, -0.2) is 7.11 Å². The van der Waals surface area contributed by atoms with Crippen LogP contribution in [0.15, 0.2) is 46.9 Å². The lowest BCUT2D eigenvalue weighted by Crippen LogP contribution is -1.90. The molecule has 2 aromatic rings. The van der Waals surface area contributed by atoms with E-state index in [9.17, 15) is 4.39 Å². The van der Waals surface area contributed by atoms with E-state index in [1.54, 1.807) is 13.2 Å². The normalized spacial score (nSPS) is 10.3. The summed E-state index contributed by atoms with van der Waals surface area (Å²) < 4.78 is 19.1. The van der Waals surface area contributed by atoms with Gasteiger partial charge in [-0.25, -0.2) is 4.39 Å². The van der Waals surface area contributed by atoms with Crippen LogP contribution in [0.3, 0.4) is 0 Å². The maximum atomic E-state index is 13.2. The molecule has 0 aromatic heterocycles. The van der Waals surface area contributed by atoms with Crippen LogP contribution >= 0.6 is 15.9 Å². The fraction of sp³-hybridized carbons (Fsp3) is 0.143. The van der Waals surface area contributed by atoms with E-state index in [4.69, 9.17) is 4.74 Å². The van der Waals surface area contributed by atoms with E-state index in [2.05, 4.69) is 15.9 Å². The lowest BCUT2D eigenvalue weighted by Gasteiger charge is -2.05. The second-order valence-electron chi connectivity index (χ2n) is 3.80. The average Bonchev–Trinajstić information content (AvgIpc) is 2.28. The quantitative estimate of drug-likeness (QED) is 0.825. The summed E-state index contributed by atoms with van der Waals surface area (Å²) in [6.45, 7) is 0. The fourth-order valence-electron chi connectivity index (χ4n) is 1.69. The standard InChI is InChI=1S/C14H12BrFO/c1-17-14-4-2-10(3-5-14)6-11-7-12(15)9-13(16)8-11/h2-5,7-9H,6H2,1H3.